The summed E-state index contributed by atoms with van der Waals surface area (Å²) in [5.74, 6) is 0.148. The van der Waals surface area contributed by atoms with Crippen LogP contribution in [0.25, 0.3) is 0 Å². The highest BCUT2D eigenvalue weighted by Gasteiger charge is 2.11. The maximum absolute atomic E-state index is 12.5. The molecular weight excluding hydrogens is 446 g/mol. The van der Waals surface area contributed by atoms with E-state index in [9.17, 15) is 9.59 Å². The van der Waals surface area contributed by atoms with Crippen molar-refractivity contribution in [3.05, 3.63) is 87.4 Å². The van der Waals surface area contributed by atoms with Gasteiger partial charge in [0, 0.05) is 11.3 Å². The van der Waals surface area contributed by atoms with Crippen LogP contribution in [0.4, 0.5) is 5.69 Å². The first-order valence-corrected chi connectivity index (χ1v) is 10.2. The molecule has 30 heavy (non-hydrogen) atoms. The van der Waals surface area contributed by atoms with E-state index in [1.54, 1.807) is 30.3 Å². The van der Waals surface area contributed by atoms with Crippen LogP contribution in [-0.2, 0) is 4.79 Å². The summed E-state index contributed by atoms with van der Waals surface area (Å²) in [6.45, 7) is 5.65. The summed E-state index contributed by atoms with van der Waals surface area (Å²) in [5.41, 5.74) is 4.38. The van der Waals surface area contributed by atoms with Crippen molar-refractivity contribution in [2.24, 2.45) is 0 Å². The molecule has 0 aromatic heterocycles. The Kier molecular flexibility index (Phi) is 6.90. The molecule has 0 saturated carbocycles. The minimum atomic E-state index is -0.532. The summed E-state index contributed by atoms with van der Waals surface area (Å²) in [6.07, 6.45) is 0. The van der Waals surface area contributed by atoms with Gasteiger partial charge < -0.3 is 14.8 Å². The van der Waals surface area contributed by atoms with Crippen LogP contribution >= 0.6 is 15.9 Å². The van der Waals surface area contributed by atoms with E-state index < -0.39 is 5.97 Å². The fourth-order valence-electron chi connectivity index (χ4n) is 2.76. The first kappa shape index (κ1) is 21.6. The second-order valence-corrected chi connectivity index (χ2v) is 7.85. The number of carbonyl (C=O) groups excluding carboxylic acids is 2. The number of esters is 1. The van der Waals surface area contributed by atoms with E-state index in [4.69, 9.17) is 9.47 Å². The Bertz CT molecular complexity index is 1080. The van der Waals surface area contributed by atoms with E-state index in [1.807, 2.05) is 51.1 Å². The molecule has 6 heteroatoms. The first-order valence-electron chi connectivity index (χ1n) is 9.40. The highest BCUT2D eigenvalue weighted by Crippen LogP contribution is 2.25. The molecular formula is C24H22BrNO4. The van der Waals surface area contributed by atoms with Crippen molar-refractivity contribution in [1.82, 2.24) is 0 Å². The van der Waals surface area contributed by atoms with Crippen molar-refractivity contribution in [1.29, 1.82) is 0 Å². The van der Waals surface area contributed by atoms with Crippen molar-refractivity contribution < 1.29 is 19.1 Å². The number of hydrogen-bond acceptors (Lipinski definition) is 4. The molecule has 3 aromatic carbocycles. The van der Waals surface area contributed by atoms with E-state index >= 15 is 0 Å². The molecule has 0 aliphatic rings. The summed E-state index contributed by atoms with van der Waals surface area (Å²) in [5, 5.41) is 2.90. The molecule has 3 aromatic rings. The van der Waals surface area contributed by atoms with Crippen LogP contribution in [0.5, 0.6) is 11.5 Å². The minimum Gasteiger partial charge on any atom is -0.481 e. The minimum absolute atomic E-state index is 0.226. The van der Waals surface area contributed by atoms with Gasteiger partial charge >= 0.3 is 5.97 Å². The Balaban J connectivity index is 1.56. The molecule has 0 aliphatic heterocycles. The molecule has 5 nitrogen and oxygen atoms in total. The molecule has 0 radical (unpaired) electrons. The number of amides is 1. The zero-order valence-electron chi connectivity index (χ0n) is 17.0. The van der Waals surface area contributed by atoms with Crippen LogP contribution in [0.2, 0.25) is 0 Å². The number of halogens is 1. The van der Waals surface area contributed by atoms with Crippen LogP contribution in [0.1, 0.15) is 27.0 Å². The zero-order valence-corrected chi connectivity index (χ0v) is 18.6. The Morgan fingerprint density at radius 2 is 1.57 bits per heavy atom. The quantitative estimate of drug-likeness (QED) is 0.377. The third-order valence-corrected chi connectivity index (χ3v) is 5.04. The predicted octanol–water partition coefficient (Wildman–Crippen LogP) is 5.61. The molecule has 0 heterocycles. The fraction of sp³-hybridized carbons (Fsp3) is 0.167. The summed E-state index contributed by atoms with van der Waals surface area (Å²) in [7, 11) is 0. The number of anilines is 1. The van der Waals surface area contributed by atoms with Crippen LogP contribution in [-0.4, -0.2) is 18.5 Å². The highest BCUT2D eigenvalue weighted by molar-refractivity contribution is 9.10. The van der Waals surface area contributed by atoms with Gasteiger partial charge in [0.2, 0.25) is 0 Å². The number of carbonyl (C=O) groups is 2. The maximum atomic E-state index is 12.5. The van der Waals surface area contributed by atoms with Gasteiger partial charge in [0.25, 0.3) is 5.91 Å². The molecule has 0 saturated heterocycles. The van der Waals surface area contributed by atoms with Gasteiger partial charge in [-0.3, -0.25) is 4.79 Å². The molecule has 154 valence electrons. The van der Waals surface area contributed by atoms with Gasteiger partial charge in [0.15, 0.2) is 6.61 Å². The number of nitrogens with one attached hydrogen (secondary N) is 1. The van der Waals surface area contributed by atoms with Crippen molar-refractivity contribution in [3.8, 4) is 11.5 Å². The number of benzene rings is 3. The van der Waals surface area contributed by atoms with Gasteiger partial charge in [-0.25, -0.2) is 4.79 Å². The SMILES string of the molecule is Cc1ccc(OCC(=O)Oc2ccc(C(=O)Nc3cc(C)ccc3C)cc2)c(Br)c1. The third kappa shape index (κ3) is 5.70. The molecule has 0 aliphatic carbocycles. The van der Waals surface area contributed by atoms with Gasteiger partial charge in [0.05, 0.1) is 4.47 Å². The Morgan fingerprint density at radius 3 is 2.27 bits per heavy atom. The normalized spacial score (nSPS) is 10.4. The average molecular weight is 468 g/mol. The number of hydrogen-bond donors (Lipinski definition) is 1. The maximum Gasteiger partial charge on any atom is 0.349 e. The number of aryl methyl sites for hydroxylation is 3. The van der Waals surface area contributed by atoms with Crippen molar-refractivity contribution in [3.63, 3.8) is 0 Å². The topological polar surface area (TPSA) is 64.6 Å². The van der Waals surface area contributed by atoms with E-state index in [2.05, 4.69) is 21.2 Å². The van der Waals surface area contributed by atoms with Crippen LogP contribution in [0, 0.1) is 20.8 Å². The Morgan fingerprint density at radius 1 is 0.900 bits per heavy atom. The summed E-state index contributed by atoms with van der Waals surface area (Å²) < 4.78 is 11.5. The Hall–Kier alpha value is -3.12. The second kappa shape index (κ2) is 9.59. The van der Waals surface area contributed by atoms with E-state index in [1.165, 1.54) is 0 Å². The van der Waals surface area contributed by atoms with Crippen molar-refractivity contribution in [2.75, 3.05) is 11.9 Å². The second-order valence-electron chi connectivity index (χ2n) is 6.99. The average Bonchev–Trinajstić information content (AvgIpc) is 2.70. The summed E-state index contributed by atoms with van der Waals surface area (Å²) >= 11 is 3.40. The zero-order chi connectivity index (χ0) is 21.7. The monoisotopic (exact) mass is 467 g/mol. The van der Waals surface area contributed by atoms with Gasteiger partial charge in [-0.05, 0) is 95.9 Å². The highest BCUT2D eigenvalue weighted by atomic mass is 79.9. The number of rotatable bonds is 6. The van der Waals surface area contributed by atoms with E-state index in [0.29, 0.717) is 17.1 Å². The lowest BCUT2D eigenvalue weighted by Gasteiger charge is -2.10. The standard InChI is InChI=1S/C24H22BrNO4/c1-15-5-11-22(20(25)12-15)29-14-23(27)30-19-9-7-18(8-10-19)24(28)26-21-13-16(2)4-6-17(21)3/h4-13H,14H2,1-3H3,(H,26,28). The van der Waals surface area contributed by atoms with Gasteiger partial charge in [-0.15, -0.1) is 0 Å². The van der Waals surface area contributed by atoms with Crippen molar-refractivity contribution in [2.45, 2.75) is 20.8 Å². The van der Waals surface area contributed by atoms with Gasteiger partial charge in [0.1, 0.15) is 11.5 Å². The smallest absolute Gasteiger partial charge is 0.349 e. The molecule has 0 fully saturated rings. The first-order chi connectivity index (χ1) is 14.3. The molecule has 0 atom stereocenters. The van der Waals surface area contributed by atoms with Gasteiger partial charge in [-0.2, -0.15) is 0 Å². The molecule has 0 unspecified atom stereocenters. The van der Waals surface area contributed by atoms with Crippen molar-refractivity contribution >= 4 is 33.5 Å². The molecule has 3 rings (SSSR count). The van der Waals surface area contributed by atoms with Gasteiger partial charge in [-0.1, -0.05) is 18.2 Å². The lowest BCUT2D eigenvalue weighted by atomic mass is 10.1. The summed E-state index contributed by atoms with van der Waals surface area (Å²) in [6, 6.07) is 17.9. The molecule has 1 amide bonds. The number of ether oxygens (including phenoxy) is 2. The predicted molar refractivity (Wildman–Crippen MR) is 120 cm³/mol. The van der Waals surface area contributed by atoms with Crippen LogP contribution in [0.3, 0.4) is 0 Å². The van der Waals surface area contributed by atoms with Crippen LogP contribution < -0.4 is 14.8 Å². The molecule has 0 bridgehead atoms. The van der Waals surface area contributed by atoms with E-state index in [0.717, 1.165) is 26.9 Å². The molecule has 1 N–H and O–H groups in total. The van der Waals surface area contributed by atoms with E-state index in [-0.39, 0.29) is 12.5 Å². The largest absolute Gasteiger partial charge is 0.481 e. The summed E-state index contributed by atoms with van der Waals surface area (Å²) in [4.78, 5) is 24.5. The van der Waals surface area contributed by atoms with Crippen LogP contribution in [0.15, 0.2) is 65.1 Å². The lowest BCUT2D eigenvalue weighted by molar-refractivity contribution is -0.136. The third-order valence-electron chi connectivity index (χ3n) is 4.42. The Labute approximate surface area is 184 Å². The lowest BCUT2D eigenvalue weighted by Crippen LogP contribution is -2.18. The molecule has 0 spiro atoms. The fourth-order valence-corrected chi connectivity index (χ4v) is 3.37.